The van der Waals surface area contributed by atoms with Crippen LogP contribution in [-0.2, 0) is 41.2 Å². The molecule has 2 aliphatic heterocycles. The van der Waals surface area contributed by atoms with Crippen LogP contribution >= 0.6 is 0 Å². The molecule has 0 unspecified atom stereocenters. The van der Waals surface area contributed by atoms with E-state index in [1.807, 2.05) is 13.8 Å². The van der Waals surface area contributed by atoms with E-state index in [0.29, 0.717) is 33.9 Å². The molecule has 0 bridgehead atoms. The Hall–Kier alpha value is -3.41. The molecule has 13 nitrogen and oxygen atoms in total. The minimum atomic E-state index is -4.54. The van der Waals surface area contributed by atoms with Gasteiger partial charge in [0.25, 0.3) is 30.4 Å². The molecule has 4 N–H and O–H groups in total. The number of carbonyl (C=O) groups is 1. The maximum atomic E-state index is 11.9. The highest BCUT2D eigenvalue weighted by molar-refractivity contribution is 7.86. The van der Waals surface area contributed by atoms with Crippen molar-refractivity contribution < 1.29 is 53.4 Å². The molecule has 2 aliphatic rings. The Morgan fingerprint density at radius 3 is 2.07 bits per heavy atom. The molecule has 0 radical (unpaired) electrons. The second-order valence-electron chi connectivity index (χ2n) is 11.6. The Balaban J connectivity index is 1.85. The second kappa shape index (κ2) is 11.2. The number of hydrogen-bond acceptors (Lipinski definition) is 8. The predicted octanol–water partition coefficient (Wildman–Crippen LogP) is 3.02. The van der Waals surface area contributed by atoms with E-state index in [-0.39, 0.29) is 23.5 Å². The van der Waals surface area contributed by atoms with Gasteiger partial charge >= 0.3 is 5.97 Å². The molecule has 0 spiro atoms. The van der Waals surface area contributed by atoms with Crippen LogP contribution in [-0.4, -0.2) is 84.9 Å². The van der Waals surface area contributed by atoms with Crippen molar-refractivity contribution in [3.63, 3.8) is 0 Å². The maximum Gasteiger partial charge on any atom is 0.335 e. The minimum absolute atomic E-state index is 0.0445. The van der Waals surface area contributed by atoms with E-state index >= 15 is 0 Å². The lowest BCUT2D eigenvalue weighted by atomic mass is 9.80. The Labute approximate surface area is 256 Å². The third-order valence-electron chi connectivity index (χ3n) is 7.95. The fourth-order valence-corrected chi connectivity index (χ4v) is 7.08. The van der Waals surface area contributed by atoms with E-state index in [1.165, 1.54) is 30.3 Å². The summed E-state index contributed by atoms with van der Waals surface area (Å²) in [6.07, 6.45) is 5.02. The highest BCUT2D eigenvalue weighted by Crippen LogP contribution is 2.48. The topological polar surface area (TPSA) is 207 Å². The molecule has 0 amide bonds. The number of hydrogen-bond donors (Lipinski definition) is 4. The molecule has 44 heavy (non-hydrogen) atoms. The van der Waals surface area contributed by atoms with Gasteiger partial charge in [-0.05, 0) is 55.8 Å². The largest absolute Gasteiger partial charge is 0.478 e. The first-order chi connectivity index (χ1) is 20.0. The zero-order chi connectivity index (χ0) is 33.0. The van der Waals surface area contributed by atoms with Gasteiger partial charge in [0, 0.05) is 41.1 Å². The van der Waals surface area contributed by atoms with Gasteiger partial charge in [0.15, 0.2) is 12.3 Å². The maximum absolute atomic E-state index is 11.9. The number of allylic oxidation sites excluding steroid dienone is 4. The molecule has 2 aromatic rings. The number of rotatable bonds is 10. The summed E-state index contributed by atoms with van der Waals surface area (Å²) in [5, 5.41) is 9.54. The normalized spacial score (nSPS) is 18.7. The fraction of sp³-hybridized carbons (Fsp3) is 0.357. The van der Waals surface area contributed by atoms with Crippen molar-refractivity contribution >= 4 is 53.4 Å². The van der Waals surface area contributed by atoms with Crippen molar-refractivity contribution in [2.24, 2.45) is 0 Å². The Bertz CT molecular complexity index is 1970. The molecule has 2 aromatic carbocycles. The molecule has 0 saturated carbocycles. The third-order valence-corrected chi connectivity index (χ3v) is 10.2. The smallest absolute Gasteiger partial charge is 0.335 e. The molecule has 0 fully saturated rings. The molecular formula is C28H33N2O11S3+. The van der Waals surface area contributed by atoms with Gasteiger partial charge in [-0.25, -0.2) is 4.79 Å². The lowest BCUT2D eigenvalue weighted by molar-refractivity contribution is -0.432. The first-order valence-corrected chi connectivity index (χ1v) is 17.9. The summed E-state index contributed by atoms with van der Waals surface area (Å²) < 4.78 is 100. The summed E-state index contributed by atoms with van der Waals surface area (Å²) in [5.74, 6) is -2.35. The van der Waals surface area contributed by atoms with Crippen molar-refractivity contribution in [1.29, 1.82) is 0 Å². The van der Waals surface area contributed by atoms with Crippen molar-refractivity contribution in [3.05, 3.63) is 77.0 Å². The number of carboxylic acids is 1. The minimum Gasteiger partial charge on any atom is -0.478 e. The summed E-state index contributed by atoms with van der Waals surface area (Å²) in [5.41, 5.74) is 1.61. The van der Waals surface area contributed by atoms with E-state index in [2.05, 4.69) is 0 Å². The summed E-state index contributed by atoms with van der Waals surface area (Å²) in [4.78, 5) is 12.9. The predicted molar refractivity (Wildman–Crippen MR) is 163 cm³/mol. The van der Waals surface area contributed by atoms with Gasteiger partial charge < -0.3 is 10.0 Å². The Kier molecular flexibility index (Phi) is 8.51. The van der Waals surface area contributed by atoms with E-state index in [4.69, 9.17) is 0 Å². The quantitative estimate of drug-likeness (QED) is 0.213. The van der Waals surface area contributed by atoms with Crippen LogP contribution in [0.25, 0.3) is 0 Å². The van der Waals surface area contributed by atoms with Gasteiger partial charge in [-0.2, -0.15) is 29.8 Å². The van der Waals surface area contributed by atoms with Crippen molar-refractivity contribution in [2.75, 3.05) is 29.5 Å². The first-order valence-electron chi connectivity index (χ1n) is 13.3. The van der Waals surface area contributed by atoms with Crippen LogP contribution in [0.3, 0.4) is 0 Å². The number of carboxylic acid groups (broad SMARTS) is 1. The molecular weight excluding hydrogens is 637 g/mol. The lowest BCUT2D eigenvalue weighted by Crippen LogP contribution is -2.30. The van der Waals surface area contributed by atoms with Crippen molar-refractivity contribution in [2.45, 2.75) is 43.4 Å². The number of aromatic carboxylic acids is 1. The number of benzene rings is 2. The van der Waals surface area contributed by atoms with Crippen LogP contribution in [0.15, 0.2) is 65.2 Å². The van der Waals surface area contributed by atoms with Crippen LogP contribution < -0.4 is 4.90 Å². The fourth-order valence-electron chi connectivity index (χ4n) is 5.75. The van der Waals surface area contributed by atoms with Gasteiger partial charge in [0.2, 0.25) is 5.69 Å². The van der Waals surface area contributed by atoms with E-state index in [9.17, 15) is 48.8 Å². The molecule has 0 aliphatic carbocycles. The summed E-state index contributed by atoms with van der Waals surface area (Å²) in [6.45, 7) is 6.92. The average Bonchev–Trinajstić information content (AvgIpc) is 3.22. The van der Waals surface area contributed by atoms with E-state index < -0.39 is 58.7 Å². The standard InChI is InChI=1S/C28H32N2O11S3/c1-27(2)20-16-18(26(31)32)8-10-22(20)29(12-14-42(33,34)35)24(27)6-5-7-25-28(3,4)21-17-19(44(39,40)41)9-11-23(21)30(25)13-15-43(36,37)38/h5-11,16-17H,12-15H2,1-4H3,(H3-,31,32,33,34,35,36,37,38,39,40,41)/p+1. The van der Waals surface area contributed by atoms with Crippen LogP contribution in [0.2, 0.25) is 0 Å². The van der Waals surface area contributed by atoms with Crippen LogP contribution in [0.5, 0.6) is 0 Å². The van der Waals surface area contributed by atoms with E-state index in [0.717, 1.165) is 0 Å². The molecule has 4 rings (SSSR count). The van der Waals surface area contributed by atoms with Gasteiger partial charge in [0.1, 0.15) is 5.75 Å². The van der Waals surface area contributed by atoms with Gasteiger partial charge in [-0.3, -0.25) is 13.7 Å². The average molecular weight is 670 g/mol. The third kappa shape index (κ3) is 6.64. The summed E-state index contributed by atoms with van der Waals surface area (Å²) in [7, 11) is -13.2. The molecule has 0 atom stereocenters. The van der Waals surface area contributed by atoms with Crippen molar-refractivity contribution in [1.82, 2.24) is 0 Å². The van der Waals surface area contributed by atoms with Gasteiger partial charge in [0.05, 0.1) is 21.6 Å². The number of nitrogens with zero attached hydrogens (tertiary/aromatic N) is 2. The second-order valence-corrected chi connectivity index (χ2v) is 16.2. The zero-order valence-electron chi connectivity index (χ0n) is 24.3. The lowest BCUT2D eigenvalue weighted by Gasteiger charge is -2.26. The molecule has 16 heteroatoms. The van der Waals surface area contributed by atoms with E-state index in [1.54, 1.807) is 47.6 Å². The van der Waals surface area contributed by atoms with Crippen LogP contribution in [0.4, 0.5) is 11.4 Å². The molecule has 238 valence electrons. The van der Waals surface area contributed by atoms with Gasteiger partial charge in [-0.1, -0.05) is 19.9 Å². The van der Waals surface area contributed by atoms with Crippen LogP contribution in [0, 0.1) is 0 Å². The molecule has 0 aromatic heterocycles. The number of fused-ring (bicyclic) bond motifs is 2. The first kappa shape index (κ1) is 33.5. The van der Waals surface area contributed by atoms with Gasteiger partial charge in [-0.15, -0.1) is 0 Å². The van der Waals surface area contributed by atoms with Crippen LogP contribution in [0.1, 0.15) is 49.2 Å². The summed E-state index contributed by atoms with van der Waals surface area (Å²) in [6, 6.07) is 8.42. The SMILES string of the molecule is CC1(C)C(C=C/C=C2/N(CCS(=O)(=O)O)c3ccc(S(=O)(=O)O)cc3C2(C)C)=[N+](CCS(=O)(=O)O)c2ccc(C(=O)O)cc21. The number of anilines is 1. The monoisotopic (exact) mass is 669 g/mol. The molecule has 2 heterocycles. The Morgan fingerprint density at radius 1 is 0.864 bits per heavy atom. The molecule has 0 saturated heterocycles. The highest BCUT2D eigenvalue weighted by Gasteiger charge is 2.45. The highest BCUT2D eigenvalue weighted by atomic mass is 32.2. The zero-order valence-corrected chi connectivity index (χ0v) is 26.7. The summed E-state index contributed by atoms with van der Waals surface area (Å²) >= 11 is 0. The van der Waals surface area contributed by atoms with Crippen molar-refractivity contribution in [3.8, 4) is 0 Å². The Morgan fingerprint density at radius 2 is 1.50 bits per heavy atom.